The fourth-order valence-corrected chi connectivity index (χ4v) is 4.65. The van der Waals surface area contributed by atoms with Crippen molar-refractivity contribution in [3.8, 4) is 5.75 Å². The second-order valence-electron chi connectivity index (χ2n) is 9.08. The van der Waals surface area contributed by atoms with Crippen LogP contribution >= 0.6 is 0 Å². The fourth-order valence-electron chi connectivity index (χ4n) is 4.10. The van der Waals surface area contributed by atoms with Crippen LogP contribution in [0.2, 0.25) is 0 Å². The maximum Gasteiger partial charge on any atom is 0.414 e. The van der Waals surface area contributed by atoms with Crippen LogP contribution in [0, 0.1) is 6.92 Å². The lowest BCUT2D eigenvalue weighted by Crippen LogP contribution is -2.56. The van der Waals surface area contributed by atoms with Crippen molar-refractivity contribution in [2.75, 3.05) is 49.7 Å². The molecule has 13 heteroatoms. The number of hydrogen-bond donors (Lipinski definition) is 2. The van der Waals surface area contributed by atoms with Crippen LogP contribution in [0.1, 0.15) is 19.4 Å². The number of aromatic amines is 1. The molecule has 37 heavy (non-hydrogen) atoms. The zero-order valence-electron chi connectivity index (χ0n) is 21.6. The van der Waals surface area contributed by atoms with Gasteiger partial charge in [0.2, 0.25) is 5.96 Å². The Labute approximate surface area is 216 Å². The number of amides is 1. The number of nitrogens with one attached hydrogen (secondary N) is 2. The third-order valence-electron chi connectivity index (χ3n) is 6.10. The molecule has 1 unspecified atom stereocenters. The van der Waals surface area contributed by atoms with E-state index in [0.29, 0.717) is 31.1 Å². The molecule has 12 nitrogen and oxygen atoms in total. The summed E-state index contributed by atoms with van der Waals surface area (Å²) in [5.74, 6) is 1.27. The number of sulfonamides is 1. The summed E-state index contributed by atoms with van der Waals surface area (Å²) in [7, 11) is -0.505. The fraction of sp³-hybridized carbons (Fsp3) is 0.417. The quantitative estimate of drug-likeness (QED) is 0.378. The van der Waals surface area contributed by atoms with Crippen LogP contribution in [0.25, 0.3) is 11.0 Å². The molecule has 0 radical (unpaired) electrons. The second kappa shape index (κ2) is 10.6. The SMILES string of the molecule is CCS(=O)(=O)N=C(Nc1cccc(OC(=O)N(C)C)c1)N1CCN(c2ncnc3[nH]cc(C)c23)CC1C. The Morgan fingerprint density at radius 3 is 2.78 bits per heavy atom. The van der Waals surface area contributed by atoms with Crippen molar-refractivity contribution in [2.45, 2.75) is 26.8 Å². The number of benzene rings is 1. The lowest BCUT2D eigenvalue weighted by Gasteiger charge is -2.42. The first kappa shape index (κ1) is 26.2. The van der Waals surface area contributed by atoms with Gasteiger partial charge in [-0.25, -0.2) is 23.2 Å². The smallest absolute Gasteiger partial charge is 0.410 e. The monoisotopic (exact) mass is 528 g/mol. The number of piperazine rings is 1. The van der Waals surface area contributed by atoms with Crippen molar-refractivity contribution in [3.63, 3.8) is 0 Å². The molecule has 0 aliphatic carbocycles. The van der Waals surface area contributed by atoms with Crippen molar-refractivity contribution in [1.82, 2.24) is 24.8 Å². The maximum atomic E-state index is 12.5. The summed E-state index contributed by atoms with van der Waals surface area (Å²) in [6, 6.07) is 6.66. The normalized spacial score (nSPS) is 16.7. The molecule has 3 aromatic rings. The van der Waals surface area contributed by atoms with E-state index in [-0.39, 0.29) is 17.8 Å². The molecule has 0 spiro atoms. The number of fused-ring (bicyclic) bond motifs is 1. The van der Waals surface area contributed by atoms with Gasteiger partial charge in [-0.1, -0.05) is 6.07 Å². The average molecular weight is 529 g/mol. The Kier molecular flexibility index (Phi) is 7.52. The van der Waals surface area contributed by atoms with E-state index in [1.807, 2.05) is 24.9 Å². The number of rotatable bonds is 5. The third kappa shape index (κ3) is 5.93. The van der Waals surface area contributed by atoms with Crippen LogP contribution in [0.4, 0.5) is 16.3 Å². The number of carbonyl (C=O) groups excluding carboxylic acids is 1. The van der Waals surface area contributed by atoms with Gasteiger partial charge in [0.05, 0.1) is 11.1 Å². The molecule has 1 fully saturated rings. The van der Waals surface area contributed by atoms with Gasteiger partial charge in [-0.15, -0.1) is 4.40 Å². The second-order valence-corrected chi connectivity index (χ2v) is 11.0. The predicted octanol–water partition coefficient (Wildman–Crippen LogP) is 2.66. The molecule has 4 rings (SSSR count). The predicted molar refractivity (Wildman–Crippen MR) is 144 cm³/mol. The zero-order valence-corrected chi connectivity index (χ0v) is 22.4. The van der Waals surface area contributed by atoms with Crippen molar-refractivity contribution in [2.24, 2.45) is 4.40 Å². The molecule has 1 atom stereocenters. The first-order valence-electron chi connectivity index (χ1n) is 12.0. The van der Waals surface area contributed by atoms with Gasteiger partial charge < -0.3 is 29.7 Å². The Bertz CT molecular complexity index is 1420. The van der Waals surface area contributed by atoms with E-state index in [1.165, 1.54) is 4.90 Å². The lowest BCUT2D eigenvalue weighted by molar-refractivity contribution is 0.172. The Morgan fingerprint density at radius 2 is 2.08 bits per heavy atom. The molecule has 1 aliphatic rings. The summed E-state index contributed by atoms with van der Waals surface area (Å²) in [5, 5.41) is 4.12. The van der Waals surface area contributed by atoms with Crippen LogP contribution in [-0.2, 0) is 10.0 Å². The van der Waals surface area contributed by atoms with Crippen molar-refractivity contribution >= 4 is 44.6 Å². The van der Waals surface area contributed by atoms with Gasteiger partial charge in [-0.2, -0.15) is 0 Å². The number of anilines is 2. The molecular weight excluding hydrogens is 496 g/mol. The summed E-state index contributed by atoms with van der Waals surface area (Å²) in [4.78, 5) is 29.4. The van der Waals surface area contributed by atoms with Gasteiger partial charge >= 0.3 is 6.09 Å². The number of guanidine groups is 1. The number of nitrogens with zero attached hydrogens (tertiary/aromatic N) is 6. The number of ether oxygens (including phenoxy) is 1. The minimum Gasteiger partial charge on any atom is -0.410 e. The highest BCUT2D eigenvalue weighted by Gasteiger charge is 2.29. The van der Waals surface area contributed by atoms with Crippen molar-refractivity contribution in [1.29, 1.82) is 0 Å². The van der Waals surface area contributed by atoms with Gasteiger partial charge in [0, 0.05) is 57.7 Å². The summed E-state index contributed by atoms with van der Waals surface area (Å²) < 4.78 is 34.5. The van der Waals surface area contributed by atoms with Gasteiger partial charge in [-0.05, 0) is 38.5 Å². The van der Waals surface area contributed by atoms with Gasteiger partial charge in [0.1, 0.15) is 23.5 Å². The molecule has 1 saturated heterocycles. The van der Waals surface area contributed by atoms with Crippen LogP contribution < -0.4 is 15.0 Å². The van der Waals surface area contributed by atoms with Gasteiger partial charge in [-0.3, -0.25) is 0 Å². The highest BCUT2D eigenvalue weighted by atomic mass is 32.2. The minimum absolute atomic E-state index is 0.0916. The standard InChI is InChI=1S/C24H32N8O4S/c1-6-37(34,35)29-23(28-18-8-7-9-19(12-18)36-24(33)30(4)5)32-11-10-31(14-17(32)3)22-20-16(2)13-25-21(20)26-15-27-22/h7-9,12-13,15,17H,6,10-11,14H2,1-5H3,(H,28,29)(H,25,26,27). The number of H-pyrrole nitrogens is 1. The molecule has 1 amide bonds. The van der Waals surface area contributed by atoms with Gasteiger partial charge in [0.25, 0.3) is 10.0 Å². The summed E-state index contributed by atoms with van der Waals surface area (Å²) >= 11 is 0. The molecule has 2 N–H and O–H groups in total. The molecule has 2 aromatic heterocycles. The maximum absolute atomic E-state index is 12.5. The van der Waals surface area contributed by atoms with Crippen LogP contribution in [-0.4, -0.2) is 90.7 Å². The number of carbonyl (C=O) groups is 1. The summed E-state index contributed by atoms with van der Waals surface area (Å²) in [5.41, 5.74) is 2.39. The van der Waals surface area contributed by atoms with Gasteiger partial charge in [0.15, 0.2) is 0 Å². The molecule has 1 aromatic carbocycles. The number of aryl methyl sites for hydroxylation is 1. The molecule has 198 valence electrons. The van der Waals surface area contributed by atoms with Crippen LogP contribution in [0.15, 0.2) is 41.2 Å². The van der Waals surface area contributed by atoms with Crippen molar-refractivity contribution in [3.05, 3.63) is 42.4 Å². The summed E-state index contributed by atoms with van der Waals surface area (Å²) in [6.07, 6.45) is 2.94. The highest BCUT2D eigenvalue weighted by molar-refractivity contribution is 7.90. The molecule has 1 aliphatic heterocycles. The van der Waals surface area contributed by atoms with E-state index in [2.05, 4.69) is 29.6 Å². The molecule has 0 bridgehead atoms. The lowest BCUT2D eigenvalue weighted by atomic mass is 10.1. The zero-order chi connectivity index (χ0) is 26.7. The first-order valence-corrected chi connectivity index (χ1v) is 13.6. The van der Waals surface area contributed by atoms with E-state index in [1.54, 1.807) is 51.6 Å². The molecule has 3 heterocycles. The Balaban J connectivity index is 1.59. The molecular formula is C24H32N8O4S. The van der Waals surface area contributed by atoms with Crippen LogP contribution in [0.3, 0.4) is 0 Å². The van der Waals surface area contributed by atoms with Crippen molar-refractivity contribution < 1.29 is 17.9 Å². The Hall–Kier alpha value is -3.87. The summed E-state index contributed by atoms with van der Waals surface area (Å²) in [6.45, 7) is 7.30. The van der Waals surface area contributed by atoms with E-state index in [9.17, 15) is 13.2 Å². The number of aromatic nitrogens is 3. The van der Waals surface area contributed by atoms with E-state index >= 15 is 0 Å². The first-order chi connectivity index (χ1) is 17.6. The topological polar surface area (TPSA) is 136 Å². The van der Waals surface area contributed by atoms with E-state index in [4.69, 9.17) is 4.74 Å². The highest BCUT2D eigenvalue weighted by Crippen LogP contribution is 2.28. The number of hydrogen-bond acceptors (Lipinski definition) is 7. The minimum atomic E-state index is -3.69. The third-order valence-corrected chi connectivity index (χ3v) is 7.28. The van der Waals surface area contributed by atoms with E-state index in [0.717, 1.165) is 22.4 Å². The molecule has 0 saturated carbocycles. The average Bonchev–Trinajstić information content (AvgIpc) is 3.24. The van der Waals surface area contributed by atoms with Crippen LogP contribution in [0.5, 0.6) is 5.75 Å². The van der Waals surface area contributed by atoms with E-state index < -0.39 is 16.1 Å². The Morgan fingerprint density at radius 1 is 1.30 bits per heavy atom. The largest absolute Gasteiger partial charge is 0.414 e.